The van der Waals surface area contributed by atoms with E-state index < -0.39 is 0 Å². The number of pyridine rings is 1. The second-order valence-electron chi connectivity index (χ2n) is 7.80. The van der Waals surface area contributed by atoms with Gasteiger partial charge in [-0.05, 0) is 36.6 Å². The van der Waals surface area contributed by atoms with Gasteiger partial charge < -0.3 is 24.8 Å². The van der Waals surface area contributed by atoms with Gasteiger partial charge in [0.05, 0.1) is 7.11 Å². The summed E-state index contributed by atoms with van der Waals surface area (Å²) in [7, 11) is 3.56. The van der Waals surface area contributed by atoms with Crippen molar-refractivity contribution in [3.8, 4) is 5.75 Å². The first-order valence-electron chi connectivity index (χ1n) is 10.8. The van der Waals surface area contributed by atoms with Gasteiger partial charge in [0, 0.05) is 70.8 Å². The van der Waals surface area contributed by atoms with E-state index in [-0.39, 0.29) is 0 Å². The Morgan fingerprint density at radius 2 is 1.83 bits per heavy atom. The highest BCUT2D eigenvalue weighted by Gasteiger charge is 2.20. The van der Waals surface area contributed by atoms with Gasteiger partial charge in [-0.15, -0.1) is 0 Å². The van der Waals surface area contributed by atoms with Crippen LogP contribution in [-0.2, 0) is 6.54 Å². The summed E-state index contributed by atoms with van der Waals surface area (Å²) in [5.41, 5.74) is 2.38. The molecular weight excluding hydrogens is 376 g/mol. The first kappa shape index (κ1) is 20.3. The van der Waals surface area contributed by atoms with Crippen molar-refractivity contribution in [2.24, 2.45) is 4.99 Å². The van der Waals surface area contributed by atoms with Crippen LogP contribution in [0.25, 0.3) is 0 Å². The molecule has 1 aromatic heterocycles. The van der Waals surface area contributed by atoms with Gasteiger partial charge in [0.2, 0.25) is 0 Å². The lowest BCUT2D eigenvalue weighted by Gasteiger charge is -2.37. The Labute approximate surface area is 179 Å². The standard InChI is InChI=1S/C23H32N6O/c1-24-23(26-18-19-8-9-22(25-17-19)28-10-3-4-11-28)29-14-12-27(13-15-29)20-6-5-7-21(16-20)30-2/h5-9,16-17H,3-4,10-15,18H2,1-2H3,(H,24,26). The molecule has 0 saturated carbocycles. The lowest BCUT2D eigenvalue weighted by molar-refractivity contribution is 0.372. The third-order valence-electron chi connectivity index (χ3n) is 5.90. The molecule has 3 heterocycles. The minimum absolute atomic E-state index is 0.732. The zero-order valence-electron chi connectivity index (χ0n) is 18.0. The van der Waals surface area contributed by atoms with Crippen molar-refractivity contribution in [3.63, 3.8) is 0 Å². The molecule has 0 atom stereocenters. The van der Waals surface area contributed by atoms with Crippen LogP contribution in [-0.4, -0.2) is 69.3 Å². The molecule has 2 saturated heterocycles. The average Bonchev–Trinajstić information content (AvgIpc) is 3.35. The van der Waals surface area contributed by atoms with Crippen LogP contribution >= 0.6 is 0 Å². The summed E-state index contributed by atoms with van der Waals surface area (Å²) in [6.07, 6.45) is 4.52. The molecule has 0 bridgehead atoms. The highest BCUT2D eigenvalue weighted by Crippen LogP contribution is 2.22. The molecule has 1 N–H and O–H groups in total. The molecule has 2 aromatic rings. The Hall–Kier alpha value is -2.96. The van der Waals surface area contributed by atoms with Crippen molar-refractivity contribution < 1.29 is 4.74 Å². The fourth-order valence-electron chi connectivity index (χ4n) is 4.15. The summed E-state index contributed by atoms with van der Waals surface area (Å²) < 4.78 is 5.36. The maximum Gasteiger partial charge on any atom is 0.194 e. The van der Waals surface area contributed by atoms with Crippen LogP contribution in [0.3, 0.4) is 0 Å². The lowest BCUT2D eigenvalue weighted by Crippen LogP contribution is -2.52. The van der Waals surface area contributed by atoms with Gasteiger partial charge >= 0.3 is 0 Å². The molecule has 0 amide bonds. The second kappa shape index (κ2) is 9.69. The fourth-order valence-corrected chi connectivity index (χ4v) is 4.15. The number of benzene rings is 1. The van der Waals surface area contributed by atoms with E-state index in [1.165, 1.54) is 24.1 Å². The van der Waals surface area contributed by atoms with Gasteiger partial charge in [0.25, 0.3) is 0 Å². The smallest absolute Gasteiger partial charge is 0.194 e. The Morgan fingerprint density at radius 3 is 2.50 bits per heavy atom. The Kier molecular flexibility index (Phi) is 6.57. The number of rotatable bonds is 5. The third kappa shape index (κ3) is 4.78. The monoisotopic (exact) mass is 408 g/mol. The molecule has 1 aromatic carbocycles. The van der Waals surface area contributed by atoms with Crippen molar-refractivity contribution >= 4 is 17.5 Å². The van der Waals surface area contributed by atoms with E-state index in [0.29, 0.717) is 0 Å². The molecule has 0 radical (unpaired) electrons. The van der Waals surface area contributed by atoms with Crippen LogP contribution in [0, 0.1) is 0 Å². The SMILES string of the molecule is CN=C(NCc1ccc(N2CCCC2)nc1)N1CCN(c2cccc(OC)c2)CC1. The van der Waals surface area contributed by atoms with E-state index in [2.05, 4.69) is 54.3 Å². The Bertz CT molecular complexity index is 839. The molecule has 160 valence electrons. The van der Waals surface area contributed by atoms with Gasteiger partial charge in [0.15, 0.2) is 5.96 Å². The molecule has 7 heteroatoms. The maximum atomic E-state index is 5.36. The highest BCUT2D eigenvalue weighted by atomic mass is 16.5. The van der Waals surface area contributed by atoms with Crippen LogP contribution in [0.2, 0.25) is 0 Å². The number of anilines is 2. The molecule has 0 aliphatic carbocycles. The van der Waals surface area contributed by atoms with Gasteiger partial charge in [-0.2, -0.15) is 0 Å². The molecule has 7 nitrogen and oxygen atoms in total. The van der Waals surface area contributed by atoms with Gasteiger partial charge in [-0.25, -0.2) is 4.98 Å². The predicted molar refractivity (Wildman–Crippen MR) is 123 cm³/mol. The van der Waals surface area contributed by atoms with Crippen molar-refractivity contribution in [1.29, 1.82) is 0 Å². The molecule has 30 heavy (non-hydrogen) atoms. The zero-order valence-corrected chi connectivity index (χ0v) is 18.0. The van der Waals surface area contributed by atoms with E-state index in [1.54, 1.807) is 7.11 Å². The zero-order chi connectivity index (χ0) is 20.8. The number of guanidine groups is 1. The summed E-state index contributed by atoms with van der Waals surface area (Å²) >= 11 is 0. The maximum absolute atomic E-state index is 5.36. The summed E-state index contributed by atoms with van der Waals surface area (Å²) in [5, 5.41) is 3.50. The van der Waals surface area contributed by atoms with Crippen LogP contribution < -0.4 is 19.9 Å². The minimum atomic E-state index is 0.732. The fraction of sp³-hybridized carbons (Fsp3) is 0.478. The average molecular weight is 409 g/mol. The number of piperazine rings is 1. The van der Waals surface area contributed by atoms with Gasteiger partial charge in [0.1, 0.15) is 11.6 Å². The molecular formula is C23H32N6O. The number of hydrogen-bond acceptors (Lipinski definition) is 5. The quantitative estimate of drug-likeness (QED) is 0.606. The van der Waals surface area contributed by atoms with Crippen molar-refractivity contribution in [1.82, 2.24) is 15.2 Å². The van der Waals surface area contributed by atoms with E-state index in [1.807, 2.05) is 25.4 Å². The summed E-state index contributed by atoms with van der Waals surface area (Å²) in [4.78, 5) is 16.2. The lowest BCUT2D eigenvalue weighted by atomic mass is 10.2. The van der Waals surface area contributed by atoms with Crippen LogP contribution in [0.15, 0.2) is 47.6 Å². The van der Waals surface area contributed by atoms with Crippen molar-refractivity contribution in [3.05, 3.63) is 48.2 Å². The number of aromatic nitrogens is 1. The molecule has 0 unspecified atom stereocenters. The summed E-state index contributed by atoms with van der Waals surface area (Å²) in [6.45, 7) is 6.76. The summed E-state index contributed by atoms with van der Waals surface area (Å²) in [5.74, 6) is 2.94. The van der Waals surface area contributed by atoms with E-state index in [4.69, 9.17) is 4.74 Å². The molecule has 2 fully saturated rings. The van der Waals surface area contributed by atoms with Crippen molar-refractivity contribution in [2.45, 2.75) is 19.4 Å². The largest absolute Gasteiger partial charge is 0.497 e. The normalized spacial score (nSPS) is 17.4. The first-order chi connectivity index (χ1) is 14.8. The summed E-state index contributed by atoms with van der Waals surface area (Å²) in [6, 6.07) is 12.6. The number of aliphatic imine (C=N–C) groups is 1. The van der Waals surface area contributed by atoms with Gasteiger partial charge in [-0.1, -0.05) is 12.1 Å². The third-order valence-corrected chi connectivity index (χ3v) is 5.90. The topological polar surface area (TPSA) is 56.2 Å². The van der Waals surface area contributed by atoms with Crippen LogP contribution in [0.1, 0.15) is 18.4 Å². The van der Waals surface area contributed by atoms with Crippen LogP contribution in [0.5, 0.6) is 5.75 Å². The Balaban J connectivity index is 1.28. The number of ether oxygens (including phenoxy) is 1. The van der Waals surface area contributed by atoms with Crippen LogP contribution in [0.4, 0.5) is 11.5 Å². The van der Waals surface area contributed by atoms with E-state index in [0.717, 1.165) is 63.3 Å². The second-order valence-corrected chi connectivity index (χ2v) is 7.80. The number of nitrogens with zero attached hydrogens (tertiary/aromatic N) is 5. The Morgan fingerprint density at radius 1 is 1.03 bits per heavy atom. The predicted octanol–water partition coefficient (Wildman–Crippen LogP) is 2.59. The number of hydrogen-bond donors (Lipinski definition) is 1. The molecule has 0 spiro atoms. The highest BCUT2D eigenvalue weighted by molar-refractivity contribution is 5.80. The molecule has 4 rings (SSSR count). The minimum Gasteiger partial charge on any atom is -0.497 e. The molecule has 2 aliphatic heterocycles. The first-order valence-corrected chi connectivity index (χ1v) is 10.8. The number of methoxy groups -OCH3 is 1. The number of nitrogens with one attached hydrogen (secondary N) is 1. The van der Waals surface area contributed by atoms with E-state index >= 15 is 0 Å². The molecule has 2 aliphatic rings. The van der Waals surface area contributed by atoms with Crippen molar-refractivity contribution in [2.75, 3.05) is 63.2 Å². The van der Waals surface area contributed by atoms with Gasteiger partial charge in [-0.3, -0.25) is 4.99 Å². The van der Waals surface area contributed by atoms with E-state index in [9.17, 15) is 0 Å².